The van der Waals surface area contributed by atoms with E-state index in [-0.39, 0.29) is 5.75 Å². The van der Waals surface area contributed by atoms with Gasteiger partial charge < -0.3 is 20.5 Å². The number of aliphatic imine (C=N–C) groups is 1. The Bertz CT molecular complexity index is 864. The van der Waals surface area contributed by atoms with Crippen LogP contribution in [0.15, 0.2) is 71.0 Å². The van der Waals surface area contributed by atoms with Gasteiger partial charge in [0, 0.05) is 18.5 Å². The Kier molecular flexibility index (Phi) is 6.84. The molecule has 27 heavy (non-hydrogen) atoms. The molecule has 0 bridgehead atoms. The van der Waals surface area contributed by atoms with Crippen LogP contribution in [0.4, 0.5) is 5.69 Å². The number of aromatic hydroxyl groups is 1. The average Bonchev–Trinajstić information content (AvgIpc) is 3.22. The van der Waals surface area contributed by atoms with Gasteiger partial charge in [0.25, 0.3) is 0 Å². The van der Waals surface area contributed by atoms with Crippen molar-refractivity contribution in [3.8, 4) is 16.9 Å². The van der Waals surface area contributed by atoms with Crippen molar-refractivity contribution in [3.05, 3.63) is 70.9 Å². The van der Waals surface area contributed by atoms with Crippen LogP contribution in [-0.4, -0.2) is 31.3 Å². The lowest BCUT2D eigenvalue weighted by atomic mass is 10.0. The van der Waals surface area contributed by atoms with Gasteiger partial charge in [-0.15, -0.1) is 11.3 Å². The minimum Gasteiger partial charge on any atom is -0.506 e. The Morgan fingerprint density at radius 3 is 2.67 bits per heavy atom. The fraction of sp³-hybridized carbons (Fsp3) is 0.190. The summed E-state index contributed by atoms with van der Waals surface area (Å²) in [6.07, 6.45) is 0. The van der Waals surface area contributed by atoms with Gasteiger partial charge in [0.2, 0.25) is 0 Å². The summed E-state index contributed by atoms with van der Waals surface area (Å²) in [5, 5.41) is 18.8. The van der Waals surface area contributed by atoms with Crippen LogP contribution in [-0.2, 0) is 11.3 Å². The molecule has 140 valence electrons. The van der Waals surface area contributed by atoms with Crippen molar-refractivity contribution in [2.24, 2.45) is 4.99 Å². The van der Waals surface area contributed by atoms with Crippen LogP contribution in [0.3, 0.4) is 0 Å². The van der Waals surface area contributed by atoms with Gasteiger partial charge in [-0.2, -0.15) is 0 Å². The van der Waals surface area contributed by atoms with E-state index >= 15 is 0 Å². The molecule has 0 aliphatic heterocycles. The number of nitrogens with one attached hydrogen (secondary N) is 2. The number of guanidine groups is 1. The zero-order chi connectivity index (χ0) is 18.9. The quantitative estimate of drug-likeness (QED) is 0.247. The molecule has 3 aromatic rings. The fourth-order valence-electron chi connectivity index (χ4n) is 2.54. The molecule has 3 rings (SSSR count). The number of rotatable bonds is 7. The standard InChI is InChI=1S/C21H23N3O2S/c1-26-12-11-22-21(23-15-18-8-5-13-27-18)24-19-14-17(9-10-20(19)25)16-6-3-2-4-7-16/h2-10,13-14,25H,11-12,15H2,1H3,(H2,22,23,24). The number of phenols is 1. The number of benzene rings is 2. The predicted molar refractivity (Wildman–Crippen MR) is 113 cm³/mol. The van der Waals surface area contributed by atoms with Crippen LogP contribution in [0.2, 0.25) is 0 Å². The number of nitrogens with zero attached hydrogens (tertiary/aromatic N) is 1. The van der Waals surface area contributed by atoms with Crippen LogP contribution in [0, 0.1) is 0 Å². The average molecular weight is 382 g/mol. The molecule has 0 spiro atoms. The van der Waals surface area contributed by atoms with Crippen molar-refractivity contribution < 1.29 is 9.84 Å². The maximum Gasteiger partial charge on any atom is 0.196 e. The molecular weight excluding hydrogens is 358 g/mol. The minimum absolute atomic E-state index is 0.173. The SMILES string of the molecule is COCCNC(=NCc1cccs1)Nc1cc(-c2ccccc2)ccc1O. The Balaban J connectivity index is 1.80. The maximum absolute atomic E-state index is 10.3. The molecule has 1 heterocycles. The normalized spacial score (nSPS) is 11.4. The lowest BCUT2D eigenvalue weighted by Crippen LogP contribution is -2.33. The Labute approximate surface area is 163 Å². The number of ether oxygens (including phenoxy) is 1. The molecule has 0 unspecified atom stereocenters. The first kappa shape index (κ1) is 18.9. The van der Waals surface area contributed by atoms with Gasteiger partial charge in [-0.05, 0) is 34.7 Å². The molecule has 0 aliphatic carbocycles. The second kappa shape index (κ2) is 9.75. The second-order valence-electron chi connectivity index (χ2n) is 5.89. The molecule has 2 aromatic carbocycles. The maximum atomic E-state index is 10.3. The molecule has 3 N–H and O–H groups in total. The third-order valence-corrected chi connectivity index (χ3v) is 4.79. The number of phenolic OH excluding ortho intramolecular Hbond substituents is 1. The summed E-state index contributed by atoms with van der Waals surface area (Å²) in [5.74, 6) is 0.771. The third kappa shape index (κ3) is 5.57. The van der Waals surface area contributed by atoms with E-state index in [4.69, 9.17) is 4.74 Å². The first-order chi connectivity index (χ1) is 13.3. The zero-order valence-corrected chi connectivity index (χ0v) is 16.0. The summed E-state index contributed by atoms with van der Waals surface area (Å²) in [4.78, 5) is 5.79. The van der Waals surface area contributed by atoms with E-state index < -0.39 is 0 Å². The number of thiophene rings is 1. The van der Waals surface area contributed by atoms with Crippen molar-refractivity contribution in [2.75, 3.05) is 25.6 Å². The van der Waals surface area contributed by atoms with Gasteiger partial charge in [-0.3, -0.25) is 0 Å². The Hall–Kier alpha value is -2.83. The minimum atomic E-state index is 0.173. The topological polar surface area (TPSA) is 65.9 Å². The van der Waals surface area contributed by atoms with E-state index in [1.165, 1.54) is 4.88 Å². The van der Waals surface area contributed by atoms with Crippen LogP contribution in [0.25, 0.3) is 11.1 Å². The van der Waals surface area contributed by atoms with Gasteiger partial charge in [0.15, 0.2) is 5.96 Å². The third-order valence-electron chi connectivity index (χ3n) is 3.93. The Morgan fingerprint density at radius 2 is 1.93 bits per heavy atom. The first-order valence-electron chi connectivity index (χ1n) is 8.71. The fourth-order valence-corrected chi connectivity index (χ4v) is 3.17. The highest BCUT2D eigenvalue weighted by Gasteiger charge is 2.08. The summed E-state index contributed by atoms with van der Waals surface area (Å²) in [6, 6.07) is 19.6. The van der Waals surface area contributed by atoms with Gasteiger partial charge in [-0.25, -0.2) is 4.99 Å². The highest BCUT2D eigenvalue weighted by molar-refractivity contribution is 7.09. The summed E-state index contributed by atoms with van der Waals surface area (Å²) in [7, 11) is 1.66. The number of methoxy groups -OCH3 is 1. The molecule has 0 amide bonds. The number of hydrogen-bond donors (Lipinski definition) is 3. The van der Waals surface area contributed by atoms with Crippen molar-refractivity contribution in [3.63, 3.8) is 0 Å². The highest BCUT2D eigenvalue weighted by Crippen LogP contribution is 2.29. The molecule has 1 aromatic heterocycles. The van der Waals surface area contributed by atoms with Crippen molar-refractivity contribution >= 4 is 23.0 Å². The number of anilines is 1. The van der Waals surface area contributed by atoms with E-state index in [9.17, 15) is 5.11 Å². The smallest absolute Gasteiger partial charge is 0.196 e. The van der Waals surface area contributed by atoms with E-state index in [1.807, 2.05) is 53.9 Å². The molecule has 6 heteroatoms. The molecule has 0 aliphatic rings. The van der Waals surface area contributed by atoms with Crippen molar-refractivity contribution in [1.82, 2.24) is 5.32 Å². The number of hydrogen-bond acceptors (Lipinski definition) is 4. The van der Waals surface area contributed by atoms with Crippen LogP contribution in [0.1, 0.15) is 4.88 Å². The molecule has 0 radical (unpaired) electrons. The van der Waals surface area contributed by atoms with E-state index in [2.05, 4.69) is 21.7 Å². The first-order valence-corrected chi connectivity index (χ1v) is 9.59. The summed E-state index contributed by atoms with van der Waals surface area (Å²) in [5.41, 5.74) is 2.71. The van der Waals surface area contributed by atoms with Crippen molar-refractivity contribution in [1.29, 1.82) is 0 Å². The van der Waals surface area contributed by atoms with E-state index in [0.717, 1.165) is 11.1 Å². The largest absolute Gasteiger partial charge is 0.506 e. The predicted octanol–water partition coefficient (Wildman–Crippen LogP) is 4.32. The van der Waals surface area contributed by atoms with E-state index in [1.54, 1.807) is 24.5 Å². The lowest BCUT2D eigenvalue weighted by molar-refractivity contribution is 0.204. The lowest BCUT2D eigenvalue weighted by Gasteiger charge is -2.14. The second-order valence-corrected chi connectivity index (χ2v) is 6.92. The highest BCUT2D eigenvalue weighted by atomic mass is 32.1. The molecule has 0 atom stereocenters. The Morgan fingerprint density at radius 1 is 1.07 bits per heavy atom. The van der Waals surface area contributed by atoms with E-state index in [0.29, 0.717) is 31.3 Å². The van der Waals surface area contributed by atoms with Crippen LogP contribution < -0.4 is 10.6 Å². The van der Waals surface area contributed by atoms with Crippen LogP contribution in [0.5, 0.6) is 5.75 Å². The molecule has 0 fully saturated rings. The molecule has 5 nitrogen and oxygen atoms in total. The van der Waals surface area contributed by atoms with Gasteiger partial charge in [0.05, 0.1) is 18.8 Å². The van der Waals surface area contributed by atoms with Gasteiger partial charge >= 0.3 is 0 Å². The monoisotopic (exact) mass is 381 g/mol. The van der Waals surface area contributed by atoms with Crippen molar-refractivity contribution in [2.45, 2.75) is 6.54 Å². The van der Waals surface area contributed by atoms with Gasteiger partial charge in [0.1, 0.15) is 5.75 Å². The molecule has 0 saturated heterocycles. The zero-order valence-electron chi connectivity index (χ0n) is 15.2. The molecular formula is C21H23N3O2S. The van der Waals surface area contributed by atoms with Gasteiger partial charge in [-0.1, -0.05) is 42.5 Å². The molecule has 0 saturated carbocycles. The summed E-state index contributed by atoms with van der Waals surface area (Å²) in [6.45, 7) is 1.75. The summed E-state index contributed by atoms with van der Waals surface area (Å²) < 4.78 is 5.10. The summed E-state index contributed by atoms with van der Waals surface area (Å²) >= 11 is 1.67. The van der Waals surface area contributed by atoms with Crippen LogP contribution >= 0.6 is 11.3 Å².